The first-order valence-electron chi connectivity index (χ1n) is 5.95. The van der Waals surface area contributed by atoms with Gasteiger partial charge >= 0.3 is 0 Å². The summed E-state index contributed by atoms with van der Waals surface area (Å²) >= 11 is 5.99. The zero-order chi connectivity index (χ0) is 14.9. The normalized spacial score (nSPS) is 11.3. The maximum Gasteiger partial charge on any atom is 0.262 e. The van der Waals surface area contributed by atoms with Crippen LogP contribution in [0.15, 0.2) is 41.3 Å². The largest absolute Gasteiger partial charge is 0.397 e. The van der Waals surface area contributed by atoms with Gasteiger partial charge in [0.15, 0.2) is 0 Å². The van der Waals surface area contributed by atoms with Crippen LogP contribution >= 0.6 is 11.6 Å². The van der Waals surface area contributed by atoms with Gasteiger partial charge in [0.1, 0.15) is 0 Å². The summed E-state index contributed by atoms with van der Waals surface area (Å²) in [4.78, 5) is 0.219. The second kappa shape index (κ2) is 5.34. The lowest BCUT2D eigenvalue weighted by atomic mass is 10.2. The quantitative estimate of drug-likeness (QED) is 0.854. The minimum Gasteiger partial charge on any atom is -0.397 e. The average molecular weight is 311 g/mol. The van der Waals surface area contributed by atoms with Gasteiger partial charge in [-0.2, -0.15) is 0 Å². The molecule has 0 aromatic heterocycles. The van der Waals surface area contributed by atoms with Crippen LogP contribution in [0.2, 0.25) is 5.02 Å². The van der Waals surface area contributed by atoms with Crippen LogP contribution < -0.4 is 10.5 Å². The van der Waals surface area contributed by atoms with Gasteiger partial charge in [-0.15, -0.1) is 0 Å². The predicted molar refractivity (Wildman–Crippen MR) is 82.6 cm³/mol. The Morgan fingerprint density at radius 2 is 1.85 bits per heavy atom. The minimum atomic E-state index is -3.73. The van der Waals surface area contributed by atoms with Crippen molar-refractivity contribution in [1.82, 2.24) is 0 Å². The Hall–Kier alpha value is -1.72. The van der Waals surface area contributed by atoms with E-state index in [2.05, 4.69) is 4.72 Å². The van der Waals surface area contributed by atoms with Crippen molar-refractivity contribution in [1.29, 1.82) is 0 Å². The van der Waals surface area contributed by atoms with Crippen LogP contribution in [0.1, 0.15) is 11.1 Å². The van der Waals surface area contributed by atoms with Crippen LogP contribution in [-0.2, 0) is 10.0 Å². The summed E-state index contributed by atoms with van der Waals surface area (Å²) in [5.74, 6) is 0. The molecule has 0 bridgehead atoms. The van der Waals surface area contributed by atoms with E-state index in [0.29, 0.717) is 5.56 Å². The van der Waals surface area contributed by atoms with Crippen LogP contribution in [0.4, 0.5) is 11.4 Å². The zero-order valence-corrected chi connectivity index (χ0v) is 12.7. The Morgan fingerprint density at radius 1 is 1.15 bits per heavy atom. The summed E-state index contributed by atoms with van der Waals surface area (Å²) in [5.41, 5.74) is 7.78. The van der Waals surface area contributed by atoms with Crippen LogP contribution in [0.25, 0.3) is 0 Å². The first-order chi connectivity index (χ1) is 9.31. The molecule has 4 nitrogen and oxygen atoms in total. The first kappa shape index (κ1) is 14.7. The van der Waals surface area contributed by atoms with Crippen molar-refractivity contribution in [3.05, 3.63) is 52.5 Å². The summed E-state index contributed by atoms with van der Waals surface area (Å²) in [7, 11) is -3.73. The molecule has 0 saturated heterocycles. The summed E-state index contributed by atoms with van der Waals surface area (Å²) in [6.45, 7) is 3.58. The van der Waals surface area contributed by atoms with Gasteiger partial charge in [0.05, 0.1) is 21.3 Å². The summed E-state index contributed by atoms with van der Waals surface area (Å²) in [6.07, 6.45) is 0. The molecule has 2 aromatic rings. The number of benzene rings is 2. The first-order valence-corrected chi connectivity index (χ1v) is 7.81. The van der Waals surface area contributed by atoms with E-state index in [-0.39, 0.29) is 21.3 Å². The summed E-state index contributed by atoms with van der Waals surface area (Å²) in [5, 5.41) is 0.263. The molecule has 2 rings (SSSR count). The van der Waals surface area contributed by atoms with Crippen molar-refractivity contribution in [2.45, 2.75) is 18.7 Å². The fraction of sp³-hybridized carbons (Fsp3) is 0.143. The number of halogens is 1. The standard InChI is InChI=1S/C14H15ClN2O2S/c1-9-6-7-10(2)13(8-9)20(18,19)17-14-11(15)4-3-5-12(14)16/h3-8,17H,16H2,1-2H3. The van der Waals surface area contributed by atoms with Gasteiger partial charge in [-0.1, -0.05) is 29.8 Å². The SMILES string of the molecule is Cc1ccc(C)c(S(=O)(=O)Nc2c(N)cccc2Cl)c1. The molecule has 2 aromatic carbocycles. The molecule has 0 spiro atoms. The van der Waals surface area contributed by atoms with Crippen molar-refractivity contribution in [2.24, 2.45) is 0 Å². The molecule has 0 aliphatic rings. The molecule has 0 aliphatic heterocycles. The Morgan fingerprint density at radius 3 is 2.50 bits per heavy atom. The number of rotatable bonds is 3. The maximum atomic E-state index is 12.5. The topological polar surface area (TPSA) is 72.2 Å². The lowest BCUT2D eigenvalue weighted by Gasteiger charge is -2.13. The number of nitrogens with two attached hydrogens (primary N) is 1. The molecule has 3 N–H and O–H groups in total. The molecule has 0 aliphatic carbocycles. The number of aryl methyl sites for hydroxylation is 2. The van der Waals surface area contributed by atoms with Gasteiger partial charge in [-0.3, -0.25) is 4.72 Å². The number of nitrogen functional groups attached to an aromatic ring is 1. The second-order valence-electron chi connectivity index (χ2n) is 4.58. The van der Waals surface area contributed by atoms with Gasteiger partial charge in [0.2, 0.25) is 0 Å². The highest BCUT2D eigenvalue weighted by Crippen LogP contribution is 2.30. The molecule has 0 saturated carbocycles. The highest BCUT2D eigenvalue weighted by Gasteiger charge is 2.19. The fourth-order valence-corrected chi connectivity index (χ4v) is 3.56. The van der Waals surface area contributed by atoms with E-state index in [4.69, 9.17) is 17.3 Å². The number of hydrogen-bond donors (Lipinski definition) is 2. The summed E-state index contributed by atoms with van der Waals surface area (Å²) < 4.78 is 27.4. The van der Waals surface area contributed by atoms with Gasteiger partial charge in [0, 0.05) is 0 Å². The fourth-order valence-electron chi connectivity index (χ4n) is 1.83. The van der Waals surface area contributed by atoms with Crippen LogP contribution in [-0.4, -0.2) is 8.42 Å². The van der Waals surface area contributed by atoms with Crippen molar-refractivity contribution in [3.8, 4) is 0 Å². The number of anilines is 2. The molecular weight excluding hydrogens is 296 g/mol. The molecule has 0 amide bonds. The molecule has 0 unspecified atom stereocenters. The van der Waals surface area contributed by atoms with Gasteiger partial charge < -0.3 is 5.73 Å². The number of nitrogens with one attached hydrogen (secondary N) is 1. The monoisotopic (exact) mass is 310 g/mol. The third kappa shape index (κ3) is 2.89. The van der Waals surface area contributed by atoms with Crippen LogP contribution in [0, 0.1) is 13.8 Å². The molecule has 0 heterocycles. The predicted octanol–water partition coefficient (Wildman–Crippen LogP) is 3.34. The van der Waals surface area contributed by atoms with Crippen LogP contribution in [0.5, 0.6) is 0 Å². The Labute approximate surface area is 123 Å². The van der Waals surface area contributed by atoms with Crippen molar-refractivity contribution < 1.29 is 8.42 Å². The summed E-state index contributed by atoms with van der Waals surface area (Å²) in [6, 6.07) is 10.1. The average Bonchev–Trinajstić information content (AvgIpc) is 2.37. The van der Waals surface area contributed by atoms with E-state index in [0.717, 1.165) is 5.56 Å². The van der Waals surface area contributed by atoms with Crippen molar-refractivity contribution in [3.63, 3.8) is 0 Å². The molecular formula is C14H15ClN2O2S. The third-order valence-corrected chi connectivity index (χ3v) is 4.72. The molecule has 0 fully saturated rings. The highest BCUT2D eigenvalue weighted by molar-refractivity contribution is 7.92. The maximum absolute atomic E-state index is 12.5. The van der Waals surface area contributed by atoms with E-state index >= 15 is 0 Å². The zero-order valence-electron chi connectivity index (χ0n) is 11.1. The minimum absolute atomic E-state index is 0.204. The van der Waals surface area contributed by atoms with E-state index < -0.39 is 10.0 Å². The highest BCUT2D eigenvalue weighted by atomic mass is 35.5. The molecule has 6 heteroatoms. The number of sulfonamides is 1. The molecule has 106 valence electrons. The van der Waals surface area contributed by atoms with E-state index in [1.165, 1.54) is 0 Å². The van der Waals surface area contributed by atoms with Crippen molar-refractivity contribution >= 4 is 33.0 Å². The van der Waals surface area contributed by atoms with E-state index in [1.807, 2.05) is 13.0 Å². The smallest absolute Gasteiger partial charge is 0.262 e. The number of para-hydroxylation sites is 1. The Kier molecular flexibility index (Phi) is 3.92. The van der Waals surface area contributed by atoms with Gasteiger partial charge in [-0.25, -0.2) is 8.42 Å². The van der Waals surface area contributed by atoms with Crippen LogP contribution in [0.3, 0.4) is 0 Å². The van der Waals surface area contributed by atoms with Gasteiger partial charge in [0.25, 0.3) is 10.0 Å². The lowest BCUT2D eigenvalue weighted by Crippen LogP contribution is -2.15. The third-order valence-electron chi connectivity index (χ3n) is 2.92. The molecule has 0 radical (unpaired) electrons. The van der Waals surface area contributed by atoms with Crippen molar-refractivity contribution in [2.75, 3.05) is 10.5 Å². The van der Waals surface area contributed by atoms with E-state index in [9.17, 15) is 8.42 Å². The van der Waals surface area contributed by atoms with E-state index in [1.54, 1.807) is 37.3 Å². The number of hydrogen-bond acceptors (Lipinski definition) is 3. The lowest BCUT2D eigenvalue weighted by molar-refractivity contribution is 0.600. The second-order valence-corrected chi connectivity index (χ2v) is 6.64. The molecule has 0 atom stereocenters. The Balaban J connectivity index is 2.49. The van der Waals surface area contributed by atoms with Gasteiger partial charge in [-0.05, 0) is 43.2 Å². The Bertz CT molecular complexity index is 738. The molecule has 20 heavy (non-hydrogen) atoms.